The van der Waals surface area contributed by atoms with Gasteiger partial charge in [-0.3, -0.25) is 0 Å². The molecule has 6 nitrogen and oxygen atoms in total. The van der Waals surface area contributed by atoms with Crippen LogP contribution in [0.2, 0.25) is 0 Å². The third-order valence-electron chi connectivity index (χ3n) is 3.94. The van der Waals surface area contributed by atoms with Gasteiger partial charge < -0.3 is 10.1 Å². The lowest BCUT2D eigenvalue weighted by molar-refractivity contribution is 0.210. The van der Waals surface area contributed by atoms with Crippen molar-refractivity contribution in [2.24, 2.45) is 0 Å². The molecule has 0 bridgehead atoms. The van der Waals surface area contributed by atoms with Crippen molar-refractivity contribution in [3.63, 3.8) is 0 Å². The normalized spacial score (nSPS) is 11.2. The molecule has 126 valence electrons. The number of hydrogen-bond donors (Lipinski definition) is 1. The molecular formula is C18H23N5O. The van der Waals surface area contributed by atoms with Crippen LogP contribution in [-0.4, -0.2) is 40.0 Å². The smallest absolute Gasteiger partial charge is 0.168 e. The van der Waals surface area contributed by atoms with Gasteiger partial charge in [-0.1, -0.05) is 24.6 Å². The summed E-state index contributed by atoms with van der Waals surface area (Å²) in [7, 11) is 1.69. The van der Waals surface area contributed by atoms with Gasteiger partial charge in [-0.15, -0.1) is 0 Å². The van der Waals surface area contributed by atoms with E-state index in [1.54, 1.807) is 7.11 Å². The number of benzene rings is 1. The highest BCUT2D eigenvalue weighted by atomic mass is 16.5. The molecule has 2 heterocycles. The van der Waals surface area contributed by atoms with Crippen molar-refractivity contribution < 1.29 is 4.74 Å². The Bertz CT molecular complexity index is 839. The van der Waals surface area contributed by atoms with E-state index in [0.717, 1.165) is 40.5 Å². The molecule has 0 amide bonds. The number of aromatic nitrogens is 4. The first-order valence-corrected chi connectivity index (χ1v) is 8.20. The van der Waals surface area contributed by atoms with E-state index < -0.39 is 0 Å². The van der Waals surface area contributed by atoms with Crippen LogP contribution >= 0.6 is 0 Å². The first-order valence-electron chi connectivity index (χ1n) is 8.20. The molecule has 3 aromatic rings. The fraction of sp³-hybridized carbons (Fsp3) is 0.389. The lowest BCUT2D eigenvalue weighted by atomic mass is 10.2. The molecule has 0 saturated heterocycles. The summed E-state index contributed by atoms with van der Waals surface area (Å²) in [6.07, 6.45) is 0.771. The minimum absolute atomic E-state index is 0.623. The van der Waals surface area contributed by atoms with E-state index in [4.69, 9.17) is 14.8 Å². The molecule has 0 aliphatic carbocycles. The van der Waals surface area contributed by atoms with Gasteiger partial charge in [0.15, 0.2) is 5.65 Å². The molecule has 3 rings (SSSR count). The van der Waals surface area contributed by atoms with Gasteiger partial charge in [-0.05, 0) is 26.0 Å². The van der Waals surface area contributed by atoms with E-state index >= 15 is 0 Å². The Morgan fingerprint density at radius 2 is 1.88 bits per heavy atom. The fourth-order valence-corrected chi connectivity index (χ4v) is 2.65. The minimum atomic E-state index is 0.623. The number of hydrogen-bond acceptors (Lipinski definition) is 5. The molecule has 0 aliphatic rings. The van der Waals surface area contributed by atoms with Crippen LogP contribution in [0.3, 0.4) is 0 Å². The van der Waals surface area contributed by atoms with Gasteiger partial charge in [0.1, 0.15) is 11.6 Å². The SMILES string of the molecule is CCc1nc(NCCOC)c2c(C)nn(-c3ccc(C)cc3)c2n1. The third kappa shape index (κ3) is 3.10. The largest absolute Gasteiger partial charge is 0.383 e. The number of anilines is 1. The van der Waals surface area contributed by atoms with Crippen LogP contribution in [0.5, 0.6) is 0 Å². The van der Waals surface area contributed by atoms with Crippen LogP contribution in [0.1, 0.15) is 24.0 Å². The monoisotopic (exact) mass is 325 g/mol. The van der Waals surface area contributed by atoms with E-state index in [1.165, 1.54) is 5.56 Å². The average molecular weight is 325 g/mol. The summed E-state index contributed by atoms with van der Waals surface area (Å²) in [5, 5.41) is 9.01. The van der Waals surface area contributed by atoms with Crippen molar-refractivity contribution in [2.45, 2.75) is 27.2 Å². The van der Waals surface area contributed by atoms with Gasteiger partial charge in [0.2, 0.25) is 0 Å². The van der Waals surface area contributed by atoms with E-state index in [0.29, 0.717) is 13.2 Å². The summed E-state index contributed by atoms with van der Waals surface area (Å²) in [5.41, 5.74) is 3.97. The Morgan fingerprint density at radius 1 is 1.12 bits per heavy atom. The highest BCUT2D eigenvalue weighted by Gasteiger charge is 2.16. The van der Waals surface area contributed by atoms with Gasteiger partial charge in [-0.2, -0.15) is 5.10 Å². The Labute approximate surface area is 141 Å². The Hall–Kier alpha value is -2.47. The molecular weight excluding hydrogens is 302 g/mol. The number of rotatable bonds is 6. The molecule has 1 aromatic carbocycles. The van der Waals surface area contributed by atoms with Gasteiger partial charge in [0, 0.05) is 20.1 Å². The Balaban J connectivity index is 2.14. The van der Waals surface area contributed by atoms with Crippen LogP contribution in [0, 0.1) is 13.8 Å². The third-order valence-corrected chi connectivity index (χ3v) is 3.94. The van der Waals surface area contributed by atoms with Gasteiger partial charge in [0.25, 0.3) is 0 Å². The first-order chi connectivity index (χ1) is 11.6. The van der Waals surface area contributed by atoms with Crippen molar-refractivity contribution in [3.05, 3.63) is 41.3 Å². The molecule has 6 heteroatoms. The molecule has 0 saturated carbocycles. The van der Waals surface area contributed by atoms with Gasteiger partial charge in [0.05, 0.1) is 23.4 Å². The molecule has 0 atom stereocenters. The molecule has 0 fully saturated rings. The quantitative estimate of drug-likeness (QED) is 0.706. The average Bonchev–Trinajstić information content (AvgIpc) is 2.92. The maximum absolute atomic E-state index is 5.12. The van der Waals surface area contributed by atoms with E-state index in [9.17, 15) is 0 Å². The summed E-state index contributed by atoms with van der Waals surface area (Å²) >= 11 is 0. The standard InChI is InChI=1S/C18H23N5O/c1-5-15-20-17(19-10-11-24-4)16-13(3)22-23(18(16)21-15)14-8-6-12(2)7-9-14/h6-9H,5,10-11H2,1-4H3,(H,19,20,21). The summed E-state index contributed by atoms with van der Waals surface area (Å²) in [6, 6.07) is 8.29. The molecule has 0 aliphatic heterocycles. The second-order valence-corrected chi connectivity index (χ2v) is 5.79. The predicted molar refractivity (Wildman–Crippen MR) is 95.9 cm³/mol. The number of aryl methyl sites for hydroxylation is 3. The van der Waals surface area contributed by atoms with Crippen molar-refractivity contribution in [1.29, 1.82) is 0 Å². The highest BCUT2D eigenvalue weighted by molar-refractivity contribution is 5.90. The zero-order valence-corrected chi connectivity index (χ0v) is 14.6. The van der Waals surface area contributed by atoms with Gasteiger partial charge in [-0.25, -0.2) is 14.6 Å². The zero-order valence-electron chi connectivity index (χ0n) is 14.6. The van der Waals surface area contributed by atoms with E-state index in [-0.39, 0.29) is 0 Å². The second kappa shape index (κ2) is 6.97. The Morgan fingerprint density at radius 3 is 2.54 bits per heavy atom. The lowest BCUT2D eigenvalue weighted by Crippen LogP contribution is -2.11. The lowest BCUT2D eigenvalue weighted by Gasteiger charge is -2.09. The predicted octanol–water partition coefficient (Wildman–Crippen LogP) is 3.05. The Kier molecular flexibility index (Phi) is 4.76. The number of nitrogens with zero attached hydrogens (tertiary/aromatic N) is 4. The minimum Gasteiger partial charge on any atom is -0.383 e. The van der Waals surface area contributed by atoms with Crippen LogP contribution < -0.4 is 5.32 Å². The summed E-state index contributed by atoms with van der Waals surface area (Å²) in [4.78, 5) is 9.36. The molecule has 2 aromatic heterocycles. The van der Waals surface area contributed by atoms with Crippen LogP contribution in [0.25, 0.3) is 16.7 Å². The zero-order chi connectivity index (χ0) is 17.1. The number of fused-ring (bicyclic) bond motifs is 1. The topological polar surface area (TPSA) is 64.9 Å². The van der Waals surface area contributed by atoms with Crippen molar-refractivity contribution in [1.82, 2.24) is 19.7 Å². The van der Waals surface area contributed by atoms with Crippen LogP contribution in [0.15, 0.2) is 24.3 Å². The first kappa shape index (κ1) is 16.4. The number of nitrogens with one attached hydrogen (secondary N) is 1. The summed E-state index contributed by atoms with van der Waals surface area (Å²) in [6.45, 7) is 7.44. The fourth-order valence-electron chi connectivity index (χ4n) is 2.65. The summed E-state index contributed by atoms with van der Waals surface area (Å²) < 4.78 is 7.02. The molecule has 24 heavy (non-hydrogen) atoms. The maximum Gasteiger partial charge on any atom is 0.168 e. The molecule has 0 radical (unpaired) electrons. The van der Waals surface area contributed by atoms with Gasteiger partial charge >= 0.3 is 0 Å². The van der Waals surface area contributed by atoms with Crippen LogP contribution in [-0.2, 0) is 11.2 Å². The van der Waals surface area contributed by atoms with Crippen molar-refractivity contribution in [3.8, 4) is 5.69 Å². The van der Waals surface area contributed by atoms with E-state index in [2.05, 4.69) is 48.4 Å². The highest BCUT2D eigenvalue weighted by Crippen LogP contribution is 2.26. The maximum atomic E-state index is 5.12. The summed E-state index contributed by atoms with van der Waals surface area (Å²) in [5.74, 6) is 1.63. The molecule has 0 unspecified atom stereocenters. The molecule has 1 N–H and O–H groups in total. The van der Waals surface area contributed by atoms with E-state index in [1.807, 2.05) is 11.6 Å². The number of methoxy groups -OCH3 is 1. The van der Waals surface area contributed by atoms with Crippen LogP contribution in [0.4, 0.5) is 5.82 Å². The second-order valence-electron chi connectivity index (χ2n) is 5.79. The van der Waals surface area contributed by atoms with Crippen molar-refractivity contribution in [2.75, 3.05) is 25.6 Å². The molecule has 0 spiro atoms. The number of ether oxygens (including phenoxy) is 1. The van der Waals surface area contributed by atoms with Crippen molar-refractivity contribution >= 4 is 16.9 Å².